The Balaban J connectivity index is 1.33. The quantitative estimate of drug-likeness (QED) is 0.626. The minimum atomic E-state index is 0.108. The SMILES string of the molecule is CC1(C)COc2cc(CNc3ccc(OCc4ccccc4)cc3)ccc21. The average Bonchev–Trinajstić information content (AvgIpc) is 3.01. The highest BCUT2D eigenvalue weighted by molar-refractivity contribution is 5.49. The van der Waals surface area contributed by atoms with Crippen molar-refractivity contribution in [3.63, 3.8) is 0 Å². The zero-order valence-corrected chi connectivity index (χ0v) is 15.9. The number of ether oxygens (including phenoxy) is 2. The summed E-state index contributed by atoms with van der Waals surface area (Å²) >= 11 is 0. The molecule has 27 heavy (non-hydrogen) atoms. The second-order valence-electron chi connectivity index (χ2n) is 7.66. The molecule has 0 saturated heterocycles. The van der Waals surface area contributed by atoms with E-state index in [1.54, 1.807) is 0 Å². The molecule has 3 nitrogen and oxygen atoms in total. The van der Waals surface area contributed by atoms with Crippen molar-refractivity contribution in [2.24, 2.45) is 0 Å². The molecule has 0 bridgehead atoms. The second-order valence-corrected chi connectivity index (χ2v) is 7.66. The highest BCUT2D eigenvalue weighted by Gasteiger charge is 2.31. The van der Waals surface area contributed by atoms with Gasteiger partial charge in [0.2, 0.25) is 0 Å². The van der Waals surface area contributed by atoms with E-state index >= 15 is 0 Å². The lowest BCUT2D eigenvalue weighted by atomic mass is 9.86. The third-order valence-electron chi connectivity index (χ3n) is 4.96. The molecule has 0 aliphatic carbocycles. The van der Waals surface area contributed by atoms with Gasteiger partial charge in [-0.05, 0) is 41.5 Å². The van der Waals surface area contributed by atoms with E-state index < -0.39 is 0 Å². The van der Waals surface area contributed by atoms with E-state index in [9.17, 15) is 0 Å². The Morgan fingerprint density at radius 1 is 0.926 bits per heavy atom. The summed E-state index contributed by atoms with van der Waals surface area (Å²) in [5, 5.41) is 3.46. The molecule has 3 aromatic carbocycles. The third-order valence-corrected chi connectivity index (χ3v) is 4.96. The number of hydrogen-bond donors (Lipinski definition) is 1. The largest absolute Gasteiger partial charge is 0.492 e. The van der Waals surface area contributed by atoms with Crippen molar-refractivity contribution in [3.05, 3.63) is 89.5 Å². The molecule has 138 valence electrons. The highest BCUT2D eigenvalue weighted by atomic mass is 16.5. The summed E-state index contributed by atoms with van der Waals surface area (Å²) in [5.41, 5.74) is 4.86. The Bertz CT molecular complexity index is 901. The van der Waals surface area contributed by atoms with Gasteiger partial charge in [0.15, 0.2) is 0 Å². The van der Waals surface area contributed by atoms with E-state index in [0.29, 0.717) is 6.61 Å². The van der Waals surface area contributed by atoms with E-state index in [-0.39, 0.29) is 5.41 Å². The van der Waals surface area contributed by atoms with Crippen molar-refractivity contribution in [1.82, 2.24) is 0 Å². The fourth-order valence-electron chi connectivity index (χ4n) is 3.31. The third kappa shape index (κ3) is 4.08. The Hall–Kier alpha value is -2.94. The molecule has 0 atom stereocenters. The second kappa shape index (κ2) is 7.36. The standard InChI is InChI=1S/C24H25NO2/c1-24(2)17-27-23-14-19(8-13-22(23)24)15-25-20-9-11-21(12-10-20)26-16-18-6-4-3-5-7-18/h3-14,25H,15-17H2,1-2H3. The van der Waals surface area contributed by atoms with Gasteiger partial charge in [-0.15, -0.1) is 0 Å². The highest BCUT2D eigenvalue weighted by Crippen LogP contribution is 2.38. The van der Waals surface area contributed by atoms with E-state index in [4.69, 9.17) is 9.47 Å². The molecule has 3 aromatic rings. The maximum absolute atomic E-state index is 5.84. The number of nitrogens with one attached hydrogen (secondary N) is 1. The molecule has 3 heteroatoms. The van der Waals surface area contributed by atoms with Gasteiger partial charge in [0.05, 0.1) is 6.61 Å². The molecule has 0 saturated carbocycles. The number of rotatable bonds is 6. The summed E-state index contributed by atoms with van der Waals surface area (Å²) in [7, 11) is 0. The molecule has 1 aliphatic rings. The predicted octanol–water partition coefficient (Wildman–Crippen LogP) is 5.55. The van der Waals surface area contributed by atoms with Crippen LogP contribution in [0, 0.1) is 0 Å². The zero-order chi connectivity index (χ0) is 18.7. The minimum Gasteiger partial charge on any atom is -0.492 e. The first-order valence-corrected chi connectivity index (χ1v) is 9.37. The van der Waals surface area contributed by atoms with Crippen LogP contribution < -0.4 is 14.8 Å². The minimum absolute atomic E-state index is 0.108. The van der Waals surface area contributed by atoms with Crippen LogP contribution in [0.5, 0.6) is 11.5 Å². The maximum atomic E-state index is 5.84. The Morgan fingerprint density at radius 2 is 1.70 bits per heavy atom. The van der Waals surface area contributed by atoms with Crippen LogP contribution in [-0.4, -0.2) is 6.61 Å². The van der Waals surface area contributed by atoms with Crippen molar-refractivity contribution in [2.75, 3.05) is 11.9 Å². The van der Waals surface area contributed by atoms with E-state index in [1.807, 2.05) is 42.5 Å². The normalized spacial score (nSPS) is 14.3. The van der Waals surface area contributed by atoms with Crippen LogP contribution in [-0.2, 0) is 18.6 Å². The summed E-state index contributed by atoms with van der Waals surface area (Å²) in [6.45, 7) is 6.54. The number of hydrogen-bond acceptors (Lipinski definition) is 3. The summed E-state index contributed by atoms with van der Waals surface area (Å²) in [6.07, 6.45) is 0. The summed E-state index contributed by atoms with van der Waals surface area (Å²) < 4.78 is 11.7. The van der Waals surface area contributed by atoms with Gasteiger partial charge < -0.3 is 14.8 Å². The molecule has 1 aliphatic heterocycles. The Kier molecular flexibility index (Phi) is 4.76. The Labute approximate surface area is 161 Å². The molecule has 1 N–H and O–H groups in total. The molecule has 0 unspecified atom stereocenters. The lowest BCUT2D eigenvalue weighted by Gasteiger charge is -2.15. The first kappa shape index (κ1) is 17.5. The molecule has 0 fully saturated rings. The van der Waals surface area contributed by atoms with Crippen molar-refractivity contribution < 1.29 is 9.47 Å². The van der Waals surface area contributed by atoms with Crippen LogP contribution in [0.15, 0.2) is 72.8 Å². The molecule has 0 spiro atoms. The predicted molar refractivity (Wildman–Crippen MR) is 110 cm³/mol. The molecular formula is C24H25NO2. The number of anilines is 1. The van der Waals surface area contributed by atoms with Gasteiger partial charge in [-0.3, -0.25) is 0 Å². The van der Waals surface area contributed by atoms with Crippen LogP contribution in [0.3, 0.4) is 0 Å². The summed E-state index contributed by atoms with van der Waals surface area (Å²) in [5.74, 6) is 1.89. The monoisotopic (exact) mass is 359 g/mol. The van der Waals surface area contributed by atoms with Gasteiger partial charge in [-0.25, -0.2) is 0 Å². The van der Waals surface area contributed by atoms with Gasteiger partial charge in [-0.2, -0.15) is 0 Å². The van der Waals surface area contributed by atoms with Crippen LogP contribution in [0.4, 0.5) is 5.69 Å². The first-order chi connectivity index (χ1) is 13.1. The van der Waals surface area contributed by atoms with Gasteiger partial charge in [0, 0.05) is 23.2 Å². The van der Waals surface area contributed by atoms with Crippen molar-refractivity contribution in [1.29, 1.82) is 0 Å². The molecule has 0 aromatic heterocycles. The molecular weight excluding hydrogens is 334 g/mol. The fraction of sp³-hybridized carbons (Fsp3) is 0.250. The van der Waals surface area contributed by atoms with Crippen molar-refractivity contribution in [3.8, 4) is 11.5 Å². The zero-order valence-electron chi connectivity index (χ0n) is 15.9. The van der Waals surface area contributed by atoms with Crippen LogP contribution >= 0.6 is 0 Å². The number of benzene rings is 3. The first-order valence-electron chi connectivity index (χ1n) is 9.37. The van der Waals surface area contributed by atoms with E-state index in [1.165, 1.54) is 16.7 Å². The number of fused-ring (bicyclic) bond motifs is 1. The Morgan fingerprint density at radius 3 is 2.48 bits per heavy atom. The van der Waals surface area contributed by atoms with Gasteiger partial charge in [0.25, 0.3) is 0 Å². The molecule has 0 radical (unpaired) electrons. The fourth-order valence-corrected chi connectivity index (χ4v) is 3.31. The summed E-state index contributed by atoms with van der Waals surface area (Å²) in [6, 6.07) is 24.8. The van der Waals surface area contributed by atoms with Crippen LogP contribution in [0.1, 0.15) is 30.5 Å². The lowest BCUT2D eigenvalue weighted by molar-refractivity contribution is 0.291. The van der Waals surface area contributed by atoms with Crippen LogP contribution in [0.2, 0.25) is 0 Å². The van der Waals surface area contributed by atoms with E-state index in [2.05, 4.69) is 49.5 Å². The topological polar surface area (TPSA) is 30.5 Å². The average molecular weight is 359 g/mol. The van der Waals surface area contributed by atoms with Gasteiger partial charge >= 0.3 is 0 Å². The molecule has 4 rings (SSSR count). The van der Waals surface area contributed by atoms with Gasteiger partial charge in [-0.1, -0.05) is 56.3 Å². The van der Waals surface area contributed by atoms with Crippen LogP contribution in [0.25, 0.3) is 0 Å². The van der Waals surface area contributed by atoms with Crippen molar-refractivity contribution >= 4 is 5.69 Å². The van der Waals surface area contributed by atoms with E-state index in [0.717, 1.165) is 30.3 Å². The smallest absolute Gasteiger partial charge is 0.123 e. The van der Waals surface area contributed by atoms with Gasteiger partial charge in [0.1, 0.15) is 18.1 Å². The lowest BCUT2D eigenvalue weighted by Crippen LogP contribution is -2.18. The summed E-state index contributed by atoms with van der Waals surface area (Å²) in [4.78, 5) is 0. The van der Waals surface area contributed by atoms with Crippen molar-refractivity contribution in [2.45, 2.75) is 32.4 Å². The maximum Gasteiger partial charge on any atom is 0.123 e. The molecule has 0 amide bonds. The molecule has 1 heterocycles.